The molecule has 0 bridgehead atoms. The van der Waals surface area contributed by atoms with Crippen molar-refractivity contribution < 1.29 is 14.8 Å². The number of aromatic nitrogens is 2. The quantitative estimate of drug-likeness (QED) is 0.636. The van der Waals surface area contributed by atoms with Crippen LogP contribution in [0.3, 0.4) is 0 Å². The zero-order valence-electron chi connectivity index (χ0n) is 8.95. The van der Waals surface area contributed by atoms with Crippen molar-refractivity contribution in [3.63, 3.8) is 0 Å². The zero-order valence-corrected chi connectivity index (χ0v) is 8.95. The molecule has 0 unspecified atom stereocenters. The highest BCUT2D eigenvalue weighted by Gasteiger charge is 2.14. The van der Waals surface area contributed by atoms with E-state index in [4.69, 9.17) is 5.11 Å². The van der Waals surface area contributed by atoms with Gasteiger partial charge in [0.2, 0.25) is 0 Å². The summed E-state index contributed by atoms with van der Waals surface area (Å²) in [5.74, 6) is -0.986. The maximum absolute atomic E-state index is 10.7. The van der Waals surface area contributed by atoms with E-state index in [9.17, 15) is 14.9 Å². The van der Waals surface area contributed by atoms with Gasteiger partial charge in [0.15, 0.2) is 0 Å². The number of aliphatic carboxylic acids is 1. The van der Waals surface area contributed by atoms with Gasteiger partial charge in [0.1, 0.15) is 5.65 Å². The summed E-state index contributed by atoms with van der Waals surface area (Å²) in [6, 6.07) is 1.56. The van der Waals surface area contributed by atoms with Crippen molar-refractivity contribution in [2.45, 2.75) is 13.3 Å². The van der Waals surface area contributed by atoms with Crippen LogP contribution in [0.1, 0.15) is 11.3 Å². The monoisotopic (exact) mass is 235 g/mol. The lowest BCUT2D eigenvalue weighted by molar-refractivity contribution is -0.385. The number of carbonyl (C=O) groups is 1. The number of aryl methyl sites for hydroxylation is 1. The van der Waals surface area contributed by atoms with Gasteiger partial charge in [-0.1, -0.05) is 0 Å². The van der Waals surface area contributed by atoms with Gasteiger partial charge in [-0.2, -0.15) is 0 Å². The van der Waals surface area contributed by atoms with Crippen LogP contribution >= 0.6 is 0 Å². The van der Waals surface area contributed by atoms with Crippen LogP contribution in [-0.4, -0.2) is 25.4 Å². The van der Waals surface area contributed by atoms with E-state index in [-0.39, 0.29) is 12.1 Å². The van der Waals surface area contributed by atoms with Crippen LogP contribution in [0.2, 0.25) is 0 Å². The van der Waals surface area contributed by atoms with Crippen LogP contribution in [0.25, 0.3) is 5.65 Å². The number of rotatable bonds is 3. The van der Waals surface area contributed by atoms with Crippen molar-refractivity contribution in [3.05, 3.63) is 39.8 Å². The van der Waals surface area contributed by atoms with E-state index in [0.29, 0.717) is 16.9 Å². The van der Waals surface area contributed by atoms with E-state index in [1.54, 1.807) is 13.0 Å². The molecular weight excluding hydrogens is 226 g/mol. The standard InChI is InChI=1S/C10H9N3O4/c1-6-2-9-11-7(3-10(14)15)4-12(9)5-8(6)13(16)17/h2,4-5H,3H2,1H3,(H,14,15). The topological polar surface area (TPSA) is 97.7 Å². The molecule has 0 saturated carbocycles. The summed E-state index contributed by atoms with van der Waals surface area (Å²) in [6.45, 7) is 1.61. The van der Waals surface area contributed by atoms with E-state index < -0.39 is 10.9 Å². The predicted molar refractivity (Wildman–Crippen MR) is 57.9 cm³/mol. The molecule has 1 N–H and O–H groups in total. The molecule has 0 atom stereocenters. The highest BCUT2D eigenvalue weighted by atomic mass is 16.6. The lowest BCUT2D eigenvalue weighted by Gasteiger charge is -1.97. The van der Waals surface area contributed by atoms with Crippen LogP contribution in [-0.2, 0) is 11.2 Å². The molecule has 0 aromatic carbocycles. The van der Waals surface area contributed by atoms with Crippen LogP contribution in [0.5, 0.6) is 0 Å². The number of pyridine rings is 1. The van der Waals surface area contributed by atoms with Crippen LogP contribution in [0, 0.1) is 17.0 Å². The number of fused-ring (bicyclic) bond motifs is 1. The highest BCUT2D eigenvalue weighted by Crippen LogP contribution is 2.19. The zero-order chi connectivity index (χ0) is 12.6. The Hall–Kier alpha value is -2.44. The minimum absolute atomic E-state index is 0.0169. The normalized spacial score (nSPS) is 10.6. The number of imidazole rings is 1. The highest BCUT2D eigenvalue weighted by molar-refractivity contribution is 5.70. The first-order chi connectivity index (χ1) is 7.97. The third-order valence-electron chi connectivity index (χ3n) is 2.35. The Balaban J connectivity index is 2.54. The Morgan fingerprint density at radius 2 is 2.29 bits per heavy atom. The fourth-order valence-electron chi connectivity index (χ4n) is 1.60. The fourth-order valence-corrected chi connectivity index (χ4v) is 1.60. The maximum Gasteiger partial charge on any atom is 0.309 e. The van der Waals surface area contributed by atoms with Crippen molar-refractivity contribution in [1.82, 2.24) is 9.38 Å². The van der Waals surface area contributed by atoms with Crippen LogP contribution < -0.4 is 0 Å². The minimum Gasteiger partial charge on any atom is -0.481 e. The SMILES string of the molecule is Cc1cc2nc(CC(=O)O)cn2cc1[N+](=O)[O-]. The molecular formula is C10H9N3O4. The molecule has 2 aromatic rings. The third kappa shape index (κ3) is 2.07. The molecule has 0 aliphatic rings. The lowest BCUT2D eigenvalue weighted by Crippen LogP contribution is -1.99. The van der Waals surface area contributed by atoms with Gasteiger partial charge in [0.25, 0.3) is 5.69 Å². The molecule has 2 rings (SSSR count). The lowest BCUT2D eigenvalue weighted by atomic mass is 10.2. The Labute approximate surface area is 95.5 Å². The second-order valence-corrected chi connectivity index (χ2v) is 3.67. The summed E-state index contributed by atoms with van der Waals surface area (Å²) < 4.78 is 1.46. The van der Waals surface area contributed by atoms with Crippen molar-refractivity contribution in [2.75, 3.05) is 0 Å². The molecule has 7 heteroatoms. The average Bonchev–Trinajstić information content (AvgIpc) is 2.56. The molecule has 0 aliphatic carbocycles. The third-order valence-corrected chi connectivity index (χ3v) is 2.35. The molecule has 0 fully saturated rings. The van der Waals surface area contributed by atoms with Crippen molar-refractivity contribution in [2.24, 2.45) is 0 Å². The maximum atomic E-state index is 10.7. The van der Waals surface area contributed by atoms with E-state index >= 15 is 0 Å². The van der Waals surface area contributed by atoms with Gasteiger partial charge in [0, 0.05) is 11.8 Å². The average molecular weight is 235 g/mol. The van der Waals surface area contributed by atoms with Gasteiger partial charge < -0.3 is 5.11 Å². The molecule has 0 radical (unpaired) electrons. The summed E-state index contributed by atoms with van der Waals surface area (Å²) in [6.07, 6.45) is 2.62. The van der Waals surface area contributed by atoms with Gasteiger partial charge in [0.05, 0.1) is 23.2 Å². The number of nitro groups is 1. The Kier molecular flexibility index (Phi) is 2.51. The Morgan fingerprint density at radius 3 is 2.88 bits per heavy atom. The second kappa shape index (κ2) is 3.85. The van der Waals surface area contributed by atoms with Gasteiger partial charge >= 0.3 is 5.97 Å². The molecule has 7 nitrogen and oxygen atoms in total. The summed E-state index contributed by atoms with van der Waals surface area (Å²) in [5.41, 5.74) is 1.36. The second-order valence-electron chi connectivity index (χ2n) is 3.67. The smallest absolute Gasteiger partial charge is 0.309 e. The van der Waals surface area contributed by atoms with Gasteiger partial charge in [-0.25, -0.2) is 4.98 Å². The summed E-state index contributed by atoms with van der Waals surface area (Å²) >= 11 is 0. The number of carboxylic acids is 1. The van der Waals surface area contributed by atoms with Gasteiger partial charge in [-0.15, -0.1) is 0 Å². The molecule has 2 aromatic heterocycles. The fraction of sp³-hybridized carbons (Fsp3) is 0.200. The van der Waals surface area contributed by atoms with Gasteiger partial charge in [-0.3, -0.25) is 19.3 Å². The van der Waals surface area contributed by atoms with E-state index in [0.717, 1.165) is 0 Å². The minimum atomic E-state index is -0.986. The number of nitrogens with zero attached hydrogens (tertiary/aromatic N) is 3. The van der Waals surface area contributed by atoms with Crippen molar-refractivity contribution in [3.8, 4) is 0 Å². The van der Waals surface area contributed by atoms with E-state index in [1.807, 2.05) is 0 Å². The number of carboxylic acid groups (broad SMARTS) is 1. The molecule has 0 aliphatic heterocycles. The molecule has 2 heterocycles. The first-order valence-electron chi connectivity index (χ1n) is 4.82. The van der Waals surface area contributed by atoms with E-state index in [1.165, 1.54) is 16.8 Å². The first-order valence-corrected chi connectivity index (χ1v) is 4.82. The summed E-state index contributed by atoms with van der Waals surface area (Å²) in [4.78, 5) is 24.9. The molecule has 0 spiro atoms. The Morgan fingerprint density at radius 1 is 1.59 bits per heavy atom. The van der Waals surface area contributed by atoms with Crippen molar-refractivity contribution in [1.29, 1.82) is 0 Å². The number of hydrogen-bond donors (Lipinski definition) is 1. The molecule has 88 valence electrons. The van der Waals surface area contributed by atoms with Crippen LogP contribution in [0.4, 0.5) is 5.69 Å². The molecule has 0 saturated heterocycles. The first kappa shape index (κ1) is 11.1. The Bertz CT molecular complexity index is 617. The van der Waals surface area contributed by atoms with Crippen molar-refractivity contribution >= 4 is 17.3 Å². The molecule has 0 amide bonds. The summed E-state index contributed by atoms with van der Waals surface area (Å²) in [5, 5.41) is 19.4. The predicted octanol–water partition coefficient (Wildman–Crippen LogP) is 1.18. The summed E-state index contributed by atoms with van der Waals surface area (Å²) in [7, 11) is 0. The number of hydrogen-bond acceptors (Lipinski definition) is 4. The van der Waals surface area contributed by atoms with Crippen LogP contribution in [0.15, 0.2) is 18.5 Å². The van der Waals surface area contributed by atoms with Gasteiger partial charge in [-0.05, 0) is 13.0 Å². The van der Waals surface area contributed by atoms with E-state index in [2.05, 4.69) is 4.98 Å². The largest absolute Gasteiger partial charge is 0.481 e. The molecule has 17 heavy (non-hydrogen) atoms.